The molecule has 2 aromatic rings. The zero-order chi connectivity index (χ0) is 16.7. The zero-order valence-corrected chi connectivity index (χ0v) is 14.2. The van der Waals surface area contributed by atoms with E-state index in [1.165, 1.54) is 29.5 Å². The molecule has 122 valence electrons. The second-order valence-corrected chi connectivity index (χ2v) is 6.71. The van der Waals surface area contributed by atoms with Crippen LogP contribution in [0.3, 0.4) is 0 Å². The fraction of sp³-hybridized carbons (Fsp3) is 0.143. The van der Waals surface area contributed by atoms with Gasteiger partial charge < -0.3 is 10.1 Å². The van der Waals surface area contributed by atoms with Crippen molar-refractivity contribution in [2.24, 2.45) is 0 Å². The number of carbonyl (C=O) groups is 2. The topological polar surface area (TPSA) is 79.5 Å². The van der Waals surface area contributed by atoms with Crippen molar-refractivity contribution >= 4 is 39.2 Å². The Labute approximate surface area is 144 Å². The van der Waals surface area contributed by atoms with Gasteiger partial charge in [-0.25, -0.2) is 14.6 Å². The molecule has 0 radical (unpaired) electrons. The molecule has 1 aromatic heterocycles. The molecule has 0 aliphatic rings. The Morgan fingerprint density at radius 1 is 1.22 bits per heavy atom. The maximum Gasteiger partial charge on any atom is 0.333 e. The molecule has 0 atom stereocenters. The molecule has 9 heteroatoms. The van der Waals surface area contributed by atoms with Crippen molar-refractivity contribution < 1.29 is 18.7 Å². The first-order chi connectivity index (χ1) is 11.0. The van der Waals surface area contributed by atoms with Crippen LogP contribution in [-0.4, -0.2) is 25.1 Å². The third-order valence-electron chi connectivity index (χ3n) is 2.54. The monoisotopic (exact) mass is 401 g/mol. The van der Waals surface area contributed by atoms with Gasteiger partial charge in [-0.2, -0.15) is 0 Å². The third kappa shape index (κ3) is 5.87. The number of amides is 3. The first-order valence-electron chi connectivity index (χ1n) is 6.52. The lowest BCUT2D eigenvalue weighted by Gasteiger charge is -2.09. The fourth-order valence-corrected chi connectivity index (χ4v) is 2.83. The Hall–Kier alpha value is -2.13. The Morgan fingerprint density at radius 2 is 2.04 bits per heavy atom. The standard InChI is InChI=1S/C14H13BrFN3O3S/c15-12-5-4-11(23-12)13(20)18-19-14(21)17-6-7-22-10-3-1-2-9(16)8-10/h1-5,8H,6-7H2,(H,18,20)(H2,17,19,21). The molecule has 0 unspecified atom stereocenters. The summed E-state index contributed by atoms with van der Waals surface area (Å²) in [6, 6.07) is 8.51. The minimum atomic E-state index is -0.572. The van der Waals surface area contributed by atoms with Crippen LogP contribution >= 0.6 is 27.3 Å². The highest BCUT2D eigenvalue weighted by Gasteiger charge is 2.09. The summed E-state index contributed by atoms with van der Waals surface area (Å²) in [4.78, 5) is 23.6. The first-order valence-corrected chi connectivity index (χ1v) is 8.13. The molecule has 0 aliphatic heterocycles. The van der Waals surface area contributed by atoms with E-state index in [0.717, 1.165) is 3.79 Å². The summed E-state index contributed by atoms with van der Waals surface area (Å²) < 4.78 is 19.0. The molecule has 23 heavy (non-hydrogen) atoms. The number of halogens is 2. The minimum absolute atomic E-state index is 0.169. The number of hydrogen-bond acceptors (Lipinski definition) is 4. The van der Waals surface area contributed by atoms with Crippen molar-refractivity contribution in [2.45, 2.75) is 0 Å². The number of hydrogen-bond donors (Lipinski definition) is 3. The number of urea groups is 1. The van der Waals surface area contributed by atoms with Gasteiger partial charge in [0.05, 0.1) is 15.2 Å². The summed E-state index contributed by atoms with van der Waals surface area (Å²) in [5.41, 5.74) is 4.50. The molecule has 3 amide bonds. The predicted molar refractivity (Wildman–Crippen MR) is 87.9 cm³/mol. The van der Waals surface area contributed by atoms with Gasteiger partial charge in [-0.1, -0.05) is 6.07 Å². The van der Waals surface area contributed by atoms with Gasteiger partial charge in [0.25, 0.3) is 5.91 Å². The molecular formula is C14H13BrFN3O3S. The number of benzene rings is 1. The van der Waals surface area contributed by atoms with Gasteiger partial charge in [-0.3, -0.25) is 10.2 Å². The fourth-order valence-electron chi connectivity index (χ4n) is 1.55. The summed E-state index contributed by atoms with van der Waals surface area (Å²) in [6.45, 7) is 0.367. The zero-order valence-electron chi connectivity index (χ0n) is 11.8. The van der Waals surface area contributed by atoms with E-state index < -0.39 is 17.8 Å². The molecule has 0 saturated heterocycles. The van der Waals surface area contributed by atoms with E-state index in [1.807, 2.05) is 0 Å². The lowest BCUT2D eigenvalue weighted by atomic mass is 10.3. The van der Waals surface area contributed by atoms with E-state index in [0.29, 0.717) is 10.6 Å². The van der Waals surface area contributed by atoms with Crippen molar-refractivity contribution in [3.8, 4) is 5.75 Å². The van der Waals surface area contributed by atoms with E-state index in [4.69, 9.17) is 4.74 Å². The summed E-state index contributed by atoms with van der Waals surface area (Å²) in [6.07, 6.45) is 0. The van der Waals surface area contributed by atoms with Crippen LogP contribution in [0.15, 0.2) is 40.2 Å². The average molecular weight is 402 g/mol. The van der Waals surface area contributed by atoms with E-state index in [2.05, 4.69) is 32.1 Å². The van der Waals surface area contributed by atoms with Crippen LogP contribution in [-0.2, 0) is 0 Å². The van der Waals surface area contributed by atoms with Crippen LogP contribution in [0.1, 0.15) is 9.67 Å². The lowest BCUT2D eigenvalue weighted by molar-refractivity contribution is 0.0940. The predicted octanol–water partition coefficient (Wildman–Crippen LogP) is 2.67. The summed E-state index contributed by atoms with van der Waals surface area (Å²) in [5.74, 6) is -0.424. The molecule has 2 rings (SSSR count). The van der Waals surface area contributed by atoms with Crippen molar-refractivity contribution in [1.29, 1.82) is 0 Å². The maximum atomic E-state index is 12.9. The molecule has 0 bridgehead atoms. The van der Waals surface area contributed by atoms with Gasteiger partial charge in [0.1, 0.15) is 18.2 Å². The highest BCUT2D eigenvalue weighted by molar-refractivity contribution is 9.11. The Bertz CT molecular complexity index is 695. The molecule has 3 N–H and O–H groups in total. The normalized spacial score (nSPS) is 10.0. The highest BCUT2D eigenvalue weighted by Crippen LogP contribution is 2.21. The number of nitrogens with one attached hydrogen (secondary N) is 3. The second-order valence-electron chi connectivity index (χ2n) is 4.24. The van der Waals surface area contributed by atoms with Gasteiger partial charge in [0, 0.05) is 6.07 Å². The van der Waals surface area contributed by atoms with Crippen molar-refractivity contribution in [2.75, 3.05) is 13.2 Å². The van der Waals surface area contributed by atoms with Crippen molar-refractivity contribution in [3.63, 3.8) is 0 Å². The number of thiophene rings is 1. The Balaban J connectivity index is 1.62. The maximum absolute atomic E-state index is 12.9. The van der Waals surface area contributed by atoms with E-state index in [9.17, 15) is 14.0 Å². The molecule has 6 nitrogen and oxygen atoms in total. The highest BCUT2D eigenvalue weighted by atomic mass is 79.9. The van der Waals surface area contributed by atoms with Gasteiger partial charge in [0.2, 0.25) is 0 Å². The summed E-state index contributed by atoms with van der Waals surface area (Å²) in [7, 11) is 0. The first kappa shape index (κ1) is 17.2. The van der Waals surface area contributed by atoms with Crippen LogP contribution in [0.4, 0.5) is 9.18 Å². The van der Waals surface area contributed by atoms with Crippen LogP contribution in [0.25, 0.3) is 0 Å². The van der Waals surface area contributed by atoms with Gasteiger partial charge in [-0.05, 0) is 40.2 Å². The molecular weight excluding hydrogens is 389 g/mol. The molecule has 0 spiro atoms. The van der Waals surface area contributed by atoms with Gasteiger partial charge in [0.15, 0.2) is 0 Å². The van der Waals surface area contributed by atoms with E-state index >= 15 is 0 Å². The smallest absolute Gasteiger partial charge is 0.333 e. The van der Waals surface area contributed by atoms with Crippen LogP contribution in [0.5, 0.6) is 5.75 Å². The van der Waals surface area contributed by atoms with Crippen LogP contribution in [0.2, 0.25) is 0 Å². The lowest BCUT2D eigenvalue weighted by Crippen LogP contribution is -2.47. The van der Waals surface area contributed by atoms with Crippen LogP contribution in [0, 0.1) is 5.82 Å². The minimum Gasteiger partial charge on any atom is -0.492 e. The second kappa shape index (κ2) is 8.49. The Morgan fingerprint density at radius 3 is 2.74 bits per heavy atom. The van der Waals surface area contributed by atoms with Gasteiger partial charge in [-0.15, -0.1) is 11.3 Å². The van der Waals surface area contributed by atoms with E-state index in [1.54, 1.807) is 18.2 Å². The molecule has 0 aliphatic carbocycles. The average Bonchev–Trinajstić information content (AvgIpc) is 2.96. The Kier molecular flexibility index (Phi) is 6.36. The number of ether oxygens (including phenoxy) is 1. The largest absolute Gasteiger partial charge is 0.492 e. The third-order valence-corrected chi connectivity index (χ3v) is 4.16. The van der Waals surface area contributed by atoms with Gasteiger partial charge >= 0.3 is 6.03 Å². The molecule has 0 saturated carbocycles. The molecule has 1 aromatic carbocycles. The SMILES string of the molecule is O=C(NCCOc1cccc(F)c1)NNC(=O)c1ccc(Br)s1. The van der Waals surface area contributed by atoms with Crippen molar-refractivity contribution in [3.05, 3.63) is 50.9 Å². The van der Waals surface area contributed by atoms with Crippen LogP contribution < -0.4 is 20.9 Å². The number of carbonyl (C=O) groups excluding carboxylic acids is 2. The number of rotatable bonds is 5. The molecule has 0 fully saturated rings. The van der Waals surface area contributed by atoms with Crippen molar-refractivity contribution in [1.82, 2.24) is 16.2 Å². The quantitative estimate of drug-likeness (QED) is 0.532. The summed E-state index contributed by atoms with van der Waals surface area (Å²) >= 11 is 4.50. The van der Waals surface area contributed by atoms with E-state index in [-0.39, 0.29) is 13.2 Å². The summed E-state index contributed by atoms with van der Waals surface area (Å²) in [5, 5.41) is 2.49. The molecule has 1 heterocycles. The number of hydrazine groups is 1.